The predicted molar refractivity (Wildman–Crippen MR) is 104 cm³/mol. The number of nitrogens with zero attached hydrogens (tertiary/aromatic N) is 2. The summed E-state index contributed by atoms with van der Waals surface area (Å²) in [7, 11) is -4.86. The maximum absolute atomic E-state index is 13.5. The van der Waals surface area contributed by atoms with Gasteiger partial charge in [0.2, 0.25) is 10.0 Å². The number of aromatic nitrogens is 1. The molecule has 9 N–H and O–H groups in total. The number of fused-ring (bicyclic) bond motifs is 1. The highest BCUT2D eigenvalue weighted by molar-refractivity contribution is 7.89. The molecule has 154 valence electrons. The van der Waals surface area contributed by atoms with Gasteiger partial charge in [-0.3, -0.25) is 0 Å². The van der Waals surface area contributed by atoms with Crippen LogP contribution in [0.25, 0.3) is 21.3 Å². The number of hydrazone groups is 1. The van der Waals surface area contributed by atoms with Gasteiger partial charge < -0.3 is 17.0 Å². The third-order valence-corrected chi connectivity index (χ3v) is 5.81. The Bertz CT molecular complexity index is 1240. The Labute approximate surface area is 166 Å². The average Bonchev–Trinajstić information content (AvgIpc) is 2.99. The van der Waals surface area contributed by atoms with E-state index in [0.717, 1.165) is 17.4 Å². The lowest BCUT2D eigenvalue weighted by atomic mass is 9.96. The molecule has 2 aromatic carbocycles. The van der Waals surface area contributed by atoms with Crippen molar-refractivity contribution in [1.82, 2.24) is 10.4 Å². The standard InChI is InChI=1S/C15H14F3N7O2S2/c16-15(17,18)8-3-2-7(6-1-4-9-10(5-6)28-14(19)23-9)11(13(24-20)25-21)12(8)29(22,26)27/h1-5H,20-21H2,(H2,19,23)(H,24,25)(H2,22,26,27). The number of benzene rings is 2. The molecule has 1 heterocycles. The summed E-state index contributed by atoms with van der Waals surface area (Å²) in [5.74, 6) is 10.1. The number of hydrazine groups is 1. The molecule has 14 heteroatoms. The second-order valence-electron chi connectivity index (χ2n) is 5.76. The largest absolute Gasteiger partial charge is 0.417 e. The fourth-order valence-corrected chi connectivity index (χ4v) is 4.62. The normalized spacial score (nSPS) is 13.1. The number of primary sulfonamides is 1. The van der Waals surface area contributed by atoms with E-state index in [4.69, 9.17) is 22.6 Å². The van der Waals surface area contributed by atoms with Crippen molar-refractivity contribution in [3.63, 3.8) is 0 Å². The van der Waals surface area contributed by atoms with E-state index in [1.165, 1.54) is 6.07 Å². The Hall–Kier alpha value is -2.94. The molecule has 3 rings (SSSR count). The van der Waals surface area contributed by atoms with Crippen LogP contribution in [0.1, 0.15) is 11.1 Å². The van der Waals surface area contributed by atoms with Gasteiger partial charge in [-0.2, -0.15) is 18.3 Å². The number of thiazole rings is 1. The lowest BCUT2D eigenvalue weighted by Crippen LogP contribution is -2.35. The first-order valence-electron chi connectivity index (χ1n) is 7.65. The minimum atomic E-state index is -5.01. The van der Waals surface area contributed by atoms with Crippen molar-refractivity contribution in [3.8, 4) is 11.1 Å². The minimum absolute atomic E-state index is 0.0537. The summed E-state index contributed by atoms with van der Waals surface area (Å²) in [6.45, 7) is 0. The number of rotatable bonds is 3. The zero-order valence-electron chi connectivity index (χ0n) is 14.4. The number of hydrogen-bond donors (Lipinski definition) is 5. The number of nitrogen functional groups attached to an aromatic ring is 1. The Morgan fingerprint density at radius 3 is 2.45 bits per heavy atom. The first-order valence-corrected chi connectivity index (χ1v) is 10.0. The zero-order valence-corrected chi connectivity index (χ0v) is 16.0. The summed E-state index contributed by atoms with van der Waals surface area (Å²) in [6.07, 6.45) is -5.01. The highest BCUT2D eigenvalue weighted by atomic mass is 32.2. The smallest absolute Gasteiger partial charge is 0.375 e. The van der Waals surface area contributed by atoms with E-state index in [1.807, 2.05) is 5.43 Å². The maximum atomic E-state index is 13.5. The molecule has 1 aromatic heterocycles. The van der Waals surface area contributed by atoms with Gasteiger partial charge >= 0.3 is 6.18 Å². The van der Waals surface area contributed by atoms with Gasteiger partial charge in [0, 0.05) is 5.56 Å². The predicted octanol–water partition coefficient (Wildman–Crippen LogP) is 1.30. The van der Waals surface area contributed by atoms with Crippen LogP contribution in [0.4, 0.5) is 18.3 Å². The molecule has 9 nitrogen and oxygen atoms in total. The van der Waals surface area contributed by atoms with Gasteiger partial charge in [-0.05, 0) is 29.3 Å². The van der Waals surface area contributed by atoms with Crippen molar-refractivity contribution >= 4 is 42.5 Å². The molecule has 0 amide bonds. The molecule has 0 aliphatic carbocycles. The maximum Gasteiger partial charge on any atom is 0.417 e. The number of hydrogen-bond acceptors (Lipinski definition) is 8. The van der Waals surface area contributed by atoms with Crippen LogP contribution < -0.4 is 28.0 Å². The lowest BCUT2D eigenvalue weighted by molar-refractivity contribution is -0.139. The van der Waals surface area contributed by atoms with Crippen LogP contribution in [0, 0.1) is 0 Å². The summed E-state index contributed by atoms with van der Waals surface area (Å²) in [5, 5.41) is 8.71. The molecule has 0 atom stereocenters. The van der Waals surface area contributed by atoms with E-state index in [1.54, 1.807) is 12.1 Å². The van der Waals surface area contributed by atoms with Gasteiger partial charge in [0.25, 0.3) is 0 Å². The highest BCUT2D eigenvalue weighted by Crippen LogP contribution is 2.40. The van der Waals surface area contributed by atoms with Crippen molar-refractivity contribution < 1.29 is 21.6 Å². The molecule has 0 saturated carbocycles. The van der Waals surface area contributed by atoms with E-state index in [2.05, 4.69) is 10.1 Å². The second kappa shape index (κ2) is 7.14. The number of nitrogens with one attached hydrogen (secondary N) is 1. The van der Waals surface area contributed by atoms with Crippen LogP contribution in [-0.2, 0) is 16.2 Å². The van der Waals surface area contributed by atoms with Crippen molar-refractivity contribution in [1.29, 1.82) is 0 Å². The van der Waals surface area contributed by atoms with E-state index >= 15 is 0 Å². The van der Waals surface area contributed by atoms with Crippen LogP contribution in [-0.4, -0.2) is 19.2 Å². The highest BCUT2D eigenvalue weighted by Gasteiger charge is 2.39. The Balaban J connectivity index is 2.46. The molecule has 0 saturated heterocycles. The molecular weight excluding hydrogens is 431 g/mol. The zero-order chi connectivity index (χ0) is 21.6. The SMILES string of the molecule is N/N=C(\NN)c1c(-c2ccc3nc(N)sc3c2)ccc(C(F)(F)F)c1S(N)(=O)=O. The van der Waals surface area contributed by atoms with Crippen LogP contribution in [0.3, 0.4) is 0 Å². The molecule has 0 bridgehead atoms. The second-order valence-corrected chi connectivity index (χ2v) is 8.32. The van der Waals surface area contributed by atoms with Gasteiger partial charge in [-0.25, -0.2) is 24.4 Å². The molecule has 3 aromatic rings. The molecular formula is C15H14F3N7O2S2. The van der Waals surface area contributed by atoms with Crippen LogP contribution in [0.5, 0.6) is 0 Å². The molecule has 0 aliphatic heterocycles. The van der Waals surface area contributed by atoms with Crippen LogP contribution in [0.15, 0.2) is 40.3 Å². The van der Waals surface area contributed by atoms with E-state index in [-0.39, 0.29) is 5.56 Å². The quantitative estimate of drug-likeness (QED) is 0.175. The summed E-state index contributed by atoms with van der Waals surface area (Å²) >= 11 is 1.15. The Morgan fingerprint density at radius 1 is 1.21 bits per heavy atom. The average molecular weight is 445 g/mol. The first kappa shape index (κ1) is 20.8. The topological polar surface area (TPSA) is 175 Å². The van der Waals surface area contributed by atoms with Crippen LogP contribution >= 0.6 is 11.3 Å². The van der Waals surface area contributed by atoms with Crippen molar-refractivity contribution in [3.05, 3.63) is 41.5 Å². The van der Waals surface area contributed by atoms with Crippen molar-refractivity contribution in [2.24, 2.45) is 21.9 Å². The number of halogens is 3. The third-order valence-electron chi connectivity index (χ3n) is 3.97. The number of alkyl halides is 3. The Kier molecular flexibility index (Phi) is 5.12. The van der Waals surface area contributed by atoms with Gasteiger partial charge in [-0.15, -0.1) is 0 Å². The van der Waals surface area contributed by atoms with Gasteiger partial charge in [0.05, 0.1) is 15.8 Å². The van der Waals surface area contributed by atoms with Gasteiger partial charge in [-0.1, -0.05) is 23.5 Å². The third kappa shape index (κ3) is 3.82. The molecule has 0 radical (unpaired) electrons. The molecule has 0 unspecified atom stereocenters. The lowest BCUT2D eigenvalue weighted by Gasteiger charge is -2.19. The summed E-state index contributed by atoms with van der Waals surface area (Å²) in [5.41, 5.74) is 6.69. The monoisotopic (exact) mass is 445 g/mol. The van der Waals surface area contributed by atoms with Gasteiger partial charge in [0.15, 0.2) is 11.0 Å². The fourth-order valence-electron chi connectivity index (χ4n) is 2.86. The summed E-state index contributed by atoms with van der Waals surface area (Å²) < 4.78 is 65.5. The summed E-state index contributed by atoms with van der Waals surface area (Å²) in [4.78, 5) is 2.90. The van der Waals surface area contributed by atoms with Gasteiger partial charge in [0.1, 0.15) is 4.90 Å². The minimum Gasteiger partial charge on any atom is -0.375 e. The number of amidine groups is 1. The van der Waals surface area contributed by atoms with E-state index in [9.17, 15) is 21.6 Å². The van der Waals surface area contributed by atoms with E-state index < -0.39 is 38.1 Å². The number of anilines is 1. The molecule has 0 fully saturated rings. The summed E-state index contributed by atoms with van der Waals surface area (Å²) in [6, 6.07) is 6.41. The Morgan fingerprint density at radius 2 is 1.90 bits per heavy atom. The fraction of sp³-hybridized carbons (Fsp3) is 0.0667. The van der Waals surface area contributed by atoms with Crippen molar-refractivity contribution in [2.45, 2.75) is 11.1 Å². The molecule has 0 aliphatic rings. The molecule has 29 heavy (non-hydrogen) atoms. The first-order chi connectivity index (χ1) is 13.5. The van der Waals surface area contributed by atoms with Crippen LogP contribution in [0.2, 0.25) is 0 Å². The van der Waals surface area contributed by atoms with Crippen molar-refractivity contribution in [2.75, 3.05) is 5.73 Å². The number of nitrogens with two attached hydrogens (primary N) is 4. The molecule has 0 spiro atoms. The number of sulfonamides is 1. The van der Waals surface area contributed by atoms with E-state index in [0.29, 0.717) is 27.0 Å².